The van der Waals surface area contributed by atoms with E-state index in [4.69, 9.17) is 5.73 Å². The van der Waals surface area contributed by atoms with Gasteiger partial charge >= 0.3 is 0 Å². The molecule has 1 atom stereocenters. The van der Waals surface area contributed by atoms with Crippen molar-refractivity contribution in [1.29, 1.82) is 0 Å². The Morgan fingerprint density at radius 1 is 1.54 bits per heavy atom. The quantitative estimate of drug-likeness (QED) is 0.789. The minimum atomic E-state index is 0.255. The average molecular weight is 197 g/mol. The molecule has 1 aromatic rings. The predicted molar refractivity (Wildman–Crippen MR) is 60.0 cm³/mol. The molecule has 0 fully saturated rings. The molecule has 13 heavy (non-hydrogen) atoms. The highest BCUT2D eigenvalue weighted by atomic mass is 32.1. The summed E-state index contributed by atoms with van der Waals surface area (Å²) < 4.78 is 0. The zero-order valence-electron chi connectivity index (χ0n) is 8.71. The Labute approximate surface area is 85.0 Å². The van der Waals surface area contributed by atoms with Crippen LogP contribution >= 0.6 is 11.3 Å². The van der Waals surface area contributed by atoms with Gasteiger partial charge in [-0.2, -0.15) is 0 Å². The van der Waals surface area contributed by atoms with Crippen LogP contribution in [-0.2, 0) is 6.42 Å². The van der Waals surface area contributed by atoms with Gasteiger partial charge in [0, 0.05) is 4.88 Å². The van der Waals surface area contributed by atoms with Crippen LogP contribution in [0, 0.1) is 11.3 Å². The van der Waals surface area contributed by atoms with Gasteiger partial charge in [0.05, 0.1) is 0 Å². The third kappa shape index (κ3) is 2.55. The van der Waals surface area contributed by atoms with E-state index in [1.807, 2.05) is 11.3 Å². The third-order valence-corrected chi connectivity index (χ3v) is 3.89. The van der Waals surface area contributed by atoms with Crippen molar-refractivity contribution in [3.63, 3.8) is 0 Å². The van der Waals surface area contributed by atoms with Crippen LogP contribution in [0.5, 0.6) is 0 Å². The van der Waals surface area contributed by atoms with Gasteiger partial charge in [-0.25, -0.2) is 0 Å². The Hall–Kier alpha value is -0.340. The maximum atomic E-state index is 5.83. The van der Waals surface area contributed by atoms with Crippen molar-refractivity contribution >= 4 is 11.3 Å². The summed E-state index contributed by atoms with van der Waals surface area (Å²) in [5.41, 5.74) is 6.08. The molecule has 2 heteroatoms. The number of thiophene rings is 1. The molecule has 0 aliphatic heterocycles. The second kappa shape index (κ2) is 4.25. The second-order valence-electron chi connectivity index (χ2n) is 4.27. The first-order chi connectivity index (χ1) is 6.08. The molecule has 0 aliphatic rings. The summed E-state index contributed by atoms with van der Waals surface area (Å²) in [5, 5.41) is 2.13. The lowest BCUT2D eigenvalue weighted by Gasteiger charge is -2.31. The lowest BCUT2D eigenvalue weighted by molar-refractivity contribution is 0.229. The molecule has 0 amide bonds. The molecule has 74 valence electrons. The summed E-state index contributed by atoms with van der Waals surface area (Å²) in [4.78, 5) is 1.45. The molecule has 0 radical (unpaired) electrons. The Kier molecular flexibility index (Phi) is 3.51. The van der Waals surface area contributed by atoms with Crippen LogP contribution < -0.4 is 5.73 Å². The highest BCUT2D eigenvalue weighted by Crippen LogP contribution is 2.31. The smallest absolute Gasteiger partial charge is 0.00512 e. The van der Waals surface area contributed by atoms with Crippen molar-refractivity contribution in [1.82, 2.24) is 0 Å². The monoisotopic (exact) mass is 197 g/mol. The van der Waals surface area contributed by atoms with Crippen LogP contribution in [0.25, 0.3) is 0 Å². The fraction of sp³-hybridized carbons (Fsp3) is 0.636. The Morgan fingerprint density at radius 3 is 2.62 bits per heavy atom. The summed E-state index contributed by atoms with van der Waals surface area (Å²) in [5.74, 6) is 0.639. The fourth-order valence-electron chi connectivity index (χ4n) is 1.32. The molecule has 0 spiro atoms. The van der Waals surface area contributed by atoms with Gasteiger partial charge in [-0.1, -0.05) is 26.8 Å². The lowest BCUT2D eigenvalue weighted by atomic mass is 9.76. The van der Waals surface area contributed by atoms with Gasteiger partial charge in [0.25, 0.3) is 0 Å². The Morgan fingerprint density at radius 2 is 2.23 bits per heavy atom. The first kappa shape index (κ1) is 10.7. The number of hydrogen-bond acceptors (Lipinski definition) is 2. The molecule has 0 aliphatic carbocycles. The summed E-state index contributed by atoms with van der Waals surface area (Å²) in [6.07, 6.45) is 1.11. The fourth-order valence-corrected chi connectivity index (χ4v) is 2.23. The SMILES string of the molecule is CC(C)C(C)(CN)Cc1cccs1. The largest absolute Gasteiger partial charge is 0.330 e. The molecule has 1 nitrogen and oxygen atoms in total. The molecular weight excluding hydrogens is 178 g/mol. The van der Waals surface area contributed by atoms with Crippen molar-refractivity contribution in [2.24, 2.45) is 17.1 Å². The van der Waals surface area contributed by atoms with Crippen LogP contribution in [0.4, 0.5) is 0 Å². The molecule has 1 aromatic heterocycles. The van der Waals surface area contributed by atoms with E-state index in [2.05, 4.69) is 38.3 Å². The zero-order chi connectivity index (χ0) is 9.90. The molecule has 0 bridgehead atoms. The lowest BCUT2D eigenvalue weighted by Crippen LogP contribution is -2.34. The maximum absolute atomic E-state index is 5.83. The minimum Gasteiger partial charge on any atom is -0.330 e. The summed E-state index contributed by atoms with van der Waals surface area (Å²) in [6, 6.07) is 4.30. The van der Waals surface area contributed by atoms with Crippen LogP contribution in [0.2, 0.25) is 0 Å². The van der Waals surface area contributed by atoms with Crippen LogP contribution in [0.1, 0.15) is 25.6 Å². The highest BCUT2D eigenvalue weighted by molar-refractivity contribution is 7.09. The van der Waals surface area contributed by atoms with Crippen molar-refractivity contribution in [2.45, 2.75) is 27.2 Å². The summed E-state index contributed by atoms with van der Waals surface area (Å²) in [6.45, 7) is 7.54. The molecule has 1 heterocycles. The summed E-state index contributed by atoms with van der Waals surface area (Å²) in [7, 11) is 0. The van der Waals surface area contributed by atoms with E-state index in [0.717, 1.165) is 13.0 Å². The van der Waals surface area contributed by atoms with Crippen LogP contribution in [-0.4, -0.2) is 6.54 Å². The first-order valence-corrected chi connectivity index (χ1v) is 5.69. The Bertz CT molecular complexity index is 241. The van der Waals surface area contributed by atoms with Gasteiger partial charge in [0.15, 0.2) is 0 Å². The van der Waals surface area contributed by atoms with Gasteiger partial charge in [0.1, 0.15) is 0 Å². The van der Waals surface area contributed by atoms with E-state index in [1.54, 1.807) is 0 Å². The van der Waals surface area contributed by atoms with E-state index >= 15 is 0 Å². The second-order valence-corrected chi connectivity index (χ2v) is 5.30. The van der Waals surface area contributed by atoms with E-state index in [9.17, 15) is 0 Å². The van der Waals surface area contributed by atoms with E-state index < -0.39 is 0 Å². The van der Waals surface area contributed by atoms with E-state index in [0.29, 0.717) is 5.92 Å². The van der Waals surface area contributed by atoms with Gasteiger partial charge in [-0.3, -0.25) is 0 Å². The molecule has 0 aromatic carbocycles. The van der Waals surface area contributed by atoms with Crippen molar-refractivity contribution in [2.75, 3.05) is 6.54 Å². The number of hydrogen-bond donors (Lipinski definition) is 1. The third-order valence-electron chi connectivity index (χ3n) is 3.02. The van der Waals surface area contributed by atoms with Crippen LogP contribution in [0.15, 0.2) is 17.5 Å². The number of rotatable bonds is 4. The van der Waals surface area contributed by atoms with Crippen molar-refractivity contribution < 1.29 is 0 Å². The van der Waals surface area contributed by atoms with E-state index in [1.165, 1.54) is 4.88 Å². The van der Waals surface area contributed by atoms with Gasteiger partial charge in [-0.15, -0.1) is 11.3 Å². The van der Waals surface area contributed by atoms with Crippen molar-refractivity contribution in [3.05, 3.63) is 22.4 Å². The molecule has 0 saturated heterocycles. The van der Waals surface area contributed by atoms with Gasteiger partial charge < -0.3 is 5.73 Å². The summed E-state index contributed by atoms with van der Waals surface area (Å²) >= 11 is 1.83. The average Bonchev–Trinajstić information content (AvgIpc) is 2.56. The van der Waals surface area contributed by atoms with Crippen molar-refractivity contribution in [3.8, 4) is 0 Å². The normalized spacial score (nSPS) is 16.1. The predicted octanol–water partition coefficient (Wildman–Crippen LogP) is 2.91. The molecule has 1 rings (SSSR count). The molecule has 1 unspecified atom stereocenters. The number of nitrogens with two attached hydrogens (primary N) is 1. The Balaban J connectivity index is 2.69. The van der Waals surface area contributed by atoms with Gasteiger partial charge in [0.2, 0.25) is 0 Å². The topological polar surface area (TPSA) is 26.0 Å². The van der Waals surface area contributed by atoms with E-state index in [-0.39, 0.29) is 5.41 Å². The standard InChI is InChI=1S/C11H19NS/c1-9(2)11(3,8-12)7-10-5-4-6-13-10/h4-6,9H,7-8,12H2,1-3H3. The minimum absolute atomic E-state index is 0.255. The highest BCUT2D eigenvalue weighted by Gasteiger charge is 2.27. The molecule has 2 N–H and O–H groups in total. The molecule has 0 saturated carbocycles. The van der Waals surface area contributed by atoms with Crippen LogP contribution in [0.3, 0.4) is 0 Å². The maximum Gasteiger partial charge on any atom is 0.00512 e. The zero-order valence-corrected chi connectivity index (χ0v) is 9.53. The van der Waals surface area contributed by atoms with Gasteiger partial charge in [-0.05, 0) is 35.7 Å². The molecular formula is C11H19NS. The first-order valence-electron chi connectivity index (χ1n) is 4.81.